The molecule has 6 atom stereocenters. The van der Waals surface area contributed by atoms with E-state index in [1.165, 1.54) is 65.5 Å². The Morgan fingerprint density at radius 1 is 0.530 bits per heavy atom. The maximum absolute atomic E-state index is 12.4. The maximum atomic E-state index is 12.4. The van der Waals surface area contributed by atoms with Crippen molar-refractivity contribution in [3.8, 4) is 0 Å². The molecule has 12 rings (SSSR count). The van der Waals surface area contributed by atoms with Gasteiger partial charge in [0.05, 0.1) is 11.4 Å². The minimum absolute atomic E-state index is 0.352. The Morgan fingerprint density at radius 2 is 0.940 bits per heavy atom. The highest BCUT2D eigenvalue weighted by molar-refractivity contribution is 5.74. The second kappa shape index (κ2) is 27.4. The second-order valence-electron chi connectivity index (χ2n) is 25.9. The van der Waals surface area contributed by atoms with E-state index in [0.29, 0.717) is 47.3 Å². The maximum Gasteiger partial charge on any atom is 0.320 e. The molecule has 4 aliphatic heterocycles. The van der Waals surface area contributed by atoms with Crippen LogP contribution in [0.3, 0.4) is 0 Å². The minimum atomic E-state index is -0.647. The number of hydrogen-bond acceptors (Lipinski definition) is 10. The third-order valence-electron chi connectivity index (χ3n) is 19.9. The third kappa shape index (κ3) is 15.0. The van der Waals surface area contributed by atoms with Crippen LogP contribution < -0.4 is 0 Å². The summed E-state index contributed by atoms with van der Waals surface area (Å²) in [6.07, 6.45) is 15.2. The Balaban J connectivity index is 0.000000174. The van der Waals surface area contributed by atoms with Gasteiger partial charge in [0.2, 0.25) is 0 Å². The third-order valence-corrected chi connectivity index (χ3v) is 19.9. The number of aryl methyl sites for hydroxylation is 4. The lowest BCUT2D eigenvalue weighted by atomic mass is 9.80. The summed E-state index contributed by atoms with van der Waals surface area (Å²) in [4.78, 5) is 44.3. The second-order valence-corrected chi connectivity index (χ2v) is 25.9. The molecule has 4 aromatic carbocycles. The molecule has 83 heavy (non-hydrogen) atoms. The molecule has 2 aliphatic carbocycles. The van der Waals surface area contributed by atoms with Crippen molar-refractivity contribution < 1.29 is 28.6 Å². The zero-order valence-corrected chi connectivity index (χ0v) is 50.1. The van der Waals surface area contributed by atoms with Gasteiger partial charge < -0.3 is 28.8 Å². The number of aromatic nitrogens is 2. The molecule has 2 aromatic heterocycles. The van der Waals surface area contributed by atoms with Crippen molar-refractivity contribution in [1.82, 2.24) is 29.6 Å². The summed E-state index contributed by atoms with van der Waals surface area (Å²) in [6, 6.07) is 37.9. The Kier molecular flexibility index (Phi) is 19.4. The SMILES string of the molecule is CCc1nc(Cc2ccccc2)oc1C1CCN(C[C@H]2CN([C@H](CC3CC3)C(=O)O)C[C@@H]2c2cccc(C)c2)CC1.CCc1nc(Cc2ccccc2)oc1C1CCN(C[C@H]2CN([C@H](CC3CCC3)C(=O)O)C[C@@H]2c2cccc(C)c2)CC1. The highest BCUT2D eigenvalue weighted by atomic mass is 16.4. The quantitative estimate of drug-likeness (QED) is 0.0669. The average molecular weight is 1130 g/mol. The Hall–Kier alpha value is -5.92. The van der Waals surface area contributed by atoms with Gasteiger partial charge in [0.15, 0.2) is 11.8 Å². The molecular weight excluding hydrogens is 1030 g/mol. The molecule has 6 aromatic rings. The number of likely N-dealkylation sites (tertiary alicyclic amines) is 4. The van der Waals surface area contributed by atoms with Crippen LogP contribution in [0.25, 0.3) is 0 Å². The Morgan fingerprint density at radius 3 is 1.29 bits per heavy atom. The van der Waals surface area contributed by atoms with Crippen LogP contribution in [-0.2, 0) is 35.3 Å². The van der Waals surface area contributed by atoms with E-state index in [4.69, 9.17) is 18.8 Å². The molecular formula is C71H92N6O6. The van der Waals surface area contributed by atoms with Crippen LogP contribution in [0.2, 0.25) is 0 Å². The van der Waals surface area contributed by atoms with E-state index >= 15 is 0 Å². The molecule has 2 N–H and O–H groups in total. The highest BCUT2D eigenvalue weighted by Gasteiger charge is 2.44. The molecule has 6 aliphatic rings. The normalized spacial score (nSPS) is 23.2. The van der Waals surface area contributed by atoms with Crippen LogP contribution in [0.1, 0.15) is 176 Å². The van der Waals surface area contributed by atoms with Crippen LogP contribution in [-0.4, -0.2) is 129 Å². The van der Waals surface area contributed by atoms with E-state index in [2.05, 4.69) is 144 Å². The Bertz CT molecular complexity index is 3040. The molecule has 12 nitrogen and oxygen atoms in total. The first-order chi connectivity index (χ1) is 40.4. The molecule has 12 heteroatoms. The van der Waals surface area contributed by atoms with E-state index < -0.39 is 11.9 Å². The smallest absolute Gasteiger partial charge is 0.320 e. The molecule has 442 valence electrons. The van der Waals surface area contributed by atoms with Crippen molar-refractivity contribution in [2.75, 3.05) is 65.4 Å². The fourth-order valence-corrected chi connectivity index (χ4v) is 14.9. The summed E-state index contributed by atoms with van der Waals surface area (Å²) in [5.41, 5.74) is 9.99. The van der Waals surface area contributed by atoms with Gasteiger partial charge in [-0.15, -0.1) is 0 Å². The molecule has 0 bridgehead atoms. The number of nitrogens with zero attached hydrogens (tertiary/aromatic N) is 6. The molecule has 2 saturated carbocycles. The monoisotopic (exact) mass is 1120 g/mol. The average Bonchev–Trinajstić information content (AvgIpc) is 3.86. The zero-order chi connectivity index (χ0) is 57.4. The number of rotatable bonds is 22. The number of aliphatic carboxylic acids is 2. The number of hydrogen-bond donors (Lipinski definition) is 2. The van der Waals surface area contributed by atoms with Gasteiger partial charge in [-0.2, -0.15) is 0 Å². The lowest BCUT2D eigenvalue weighted by molar-refractivity contribution is -0.144. The molecule has 4 saturated heterocycles. The van der Waals surface area contributed by atoms with Gasteiger partial charge in [0.1, 0.15) is 23.6 Å². The van der Waals surface area contributed by atoms with Crippen LogP contribution in [0.15, 0.2) is 118 Å². The summed E-state index contributed by atoms with van der Waals surface area (Å²) >= 11 is 0. The summed E-state index contributed by atoms with van der Waals surface area (Å²) in [7, 11) is 0. The number of oxazole rings is 2. The molecule has 0 unspecified atom stereocenters. The van der Waals surface area contributed by atoms with Gasteiger partial charge in [0.25, 0.3) is 0 Å². The largest absolute Gasteiger partial charge is 0.480 e. The van der Waals surface area contributed by atoms with E-state index in [0.717, 1.165) is 164 Å². The van der Waals surface area contributed by atoms with E-state index in [1.54, 1.807) is 0 Å². The van der Waals surface area contributed by atoms with Gasteiger partial charge in [0, 0.05) is 75.8 Å². The molecule has 0 amide bonds. The lowest BCUT2D eigenvalue weighted by Gasteiger charge is -2.34. The minimum Gasteiger partial charge on any atom is -0.480 e. The number of benzene rings is 4. The number of carboxylic acid groups (broad SMARTS) is 2. The lowest BCUT2D eigenvalue weighted by Crippen LogP contribution is -2.43. The first kappa shape index (κ1) is 58.8. The molecule has 0 spiro atoms. The van der Waals surface area contributed by atoms with Crippen molar-refractivity contribution in [2.45, 2.75) is 160 Å². The summed E-state index contributed by atoms with van der Waals surface area (Å²) in [5.74, 6) is 6.20. The van der Waals surface area contributed by atoms with E-state index in [1.807, 2.05) is 12.1 Å². The van der Waals surface area contributed by atoms with Crippen LogP contribution >= 0.6 is 0 Å². The topological polar surface area (TPSA) is 140 Å². The molecule has 6 heterocycles. The van der Waals surface area contributed by atoms with Crippen molar-refractivity contribution in [1.29, 1.82) is 0 Å². The summed E-state index contributed by atoms with van der Waals surface area (Å²) in [6.45, 7) is 18.3. The Labute approximate surface area is 494 Å². The van der Waals surface area contributed by atoms with Gasteiger partial charge in [-0.25, -0.2) is 9.97 Å². The molecule has 0 radical (unpaired) electrons. The van der Waals surface area contributed by atoms with E-state index in [9.17, 15) is 19.8 Å². The van der Waals surface area contributed by atoms with Crippen LogP contribution in [0, 0.1) is 37.5 Å². The standard InChI is InChI=1S/C36H47N3O3.C35H45N3O3/c1-3-32-35(42-34(37-32)21-27-10-5-4-6-11-27)28-15-17-38(18-16-28)22-30-23-39(33(36(40)41)20-26-12-8-13-26)24-31(30)29-14-7-9-25(2)19-29;1-3-31-34(41-33(36-31)20-25-9-5-4-6-10-25)27-14-16-37(17-15-27)21-29-22-38(32(35(39)40)19-26-12-13-26)23-30(29)28-11-7-8-24(2)18-28/h4-7,9-11,14,19,26,28,30-31,33H,3,8,12-13,15-18,20-24H2,1-2H3,(H,40,41);4-11,18,26-27,29-30,32H,3,12-17,19-23H2,1-2H3,(H,39,40)/t30-,31+,33+;29-,30+,32+/m00/s1. The predicted octanol–water partition coefficient (Wildman–Crippen LogP) is 13.0. The van der Waals surface area contributed by atoms with Crippen LogP contribution in [0.4, 0.5) is 0 Å². The number of carboxylic acids is 2. The predicted molar refractivity (Wildman–Crippen MR) is 327 cm³/mol. The summed E-state index contributed by atoms with van der Waals surface area (Å²) in [5, 5.41) is 20.3. The van der Waals surface area contributed by atoms with Crippen LogP contribution in [0.5, 0.6) is 0 Å². The van der Waals surface area contributed by atoms with Crippen molar-refractivity contribution >= 4 is 11.9 Å². The van der Waals surface area contributed by atoms with Gasteiger partial charge >= 0.3 is 11.9 Å². The summed E-state index contributed by atoms with van der Waals surface area (Å²) < 4.78 is 12.8. The van der Waals surface area contributed by atoms with E-state index in [-0.39, 0.29) is 12.1 Å². The fraction of sp³-hybridized carbons (Fsp3) is 0.549. The first-order valence-electron chi connectivity index (χ1n) is 32.0. The fourth-order valence-electron chi connectivity index (χ4n) is 14.9. The van der Waals surface area contributed by atoms with Crippen molar-refractivity contribution in [3.63, 3.8) is 0 Å². The number of carbonyl (C=O) groups is 2. The number of piperidine rings is 2. The van der Waals surface area contributed by atoms with Crippen molar-refractivity contribution in [2.24, 2.45) is 23.7 Å². The zero-order valence-electron chi connectivity index (χ0n) is 50.1. The van der Waals surface area contributed by atoms with Gasteiger partial charge in [-0.1, -0.05) is 166 Å². The van der Waals surface area contributed by atoms with Crippen molar-refractivity contribution in [3.05, 3.63) is 177 Å². The highest BCUT2D eigenvalue weighted by Crippen LogP contribution is 2.43. The van der Waals surface area contributed by atoms with Gasteiger partial charge in [-0.05, 0) is 137 Å². The first-order valence-corrected chi connectivity index (χ1v) is 32.0. The molecule has 6 fully saturated rings. The van der Waals surface area contributed by atoms with Gasteiger partial charge in [-0.3, -0.25) is 19.4 Å².